The maximum Gasteiger partial charge on any atom is 0.249 e. The third-order valence-electron chi connectivity index (χ3n) is 10.5. The summed E-state index contributed by atoms with van der Waals surface area (Å²) in [5.41, 5.74) is 0. The van der Waals surface area contributed by atoms with E-state index in [9.17, 15) is 20.1 Å². The Labute approximate surface area is 324 Å². The number of unbranched alkanes of at least 4 members (excludes halogenated alkanes) is 29. The van der Waals surface area contributed by atoms with E-state index in [1.807, 2.05) is 6.08 Å². The van der Waals surface area contributed by atoms with Crippen molar-refractivity contribution in [3.8, 4) is 0 Å². The Morgan fingerprint density at radius 1 is 0.462 bits per heavy atom. The highest BCUT2D eigenvalue weighted by molar-refractivity contribution is 5.80. The molecule has 5 heteroatoms. The molecule has 0 fully saturated rings. The molecule has 3 atom stereocenters. The lowest BCUT2D eigenvalue weighted by Crippen LogP contribution is -2.48. The summed E-state index contributed by atoms with van der Waals surface area (Å²) in [6.07, 6.45) is 53.5. The summed E-state index contributed by atoms with van der Waals surface area (Å²) in [6.45, 7) is 4.12. The summed E-state index contributed by atoms with van der Waals surface area (Å²) in [5.74, 6) is -0.515. The minimum absolute atomic E-state index is 0.376. The van der Waals surface area contributed by atoms with Gasteiger partial charge in [0.15, 0.2) is 0 Å². The molecule has 0 spiro atoms. The molecule has 0 aliphatic heterocycles. The van der Waals surface area contributed by atoms with Gasteiger partial charge < -0.3 is 20.6 Å². The average Bonchev–Trinajstić information content (AvgIpc) is 3.15. The molecule has 0 bridgehead atoms. The van der Waals surface area contributed by atoms with Crippen LogP contribution in [0.25, 0.3) is 0 Å². The van der Waals surface area contributed by atoms with Gasteiger partial charge in [0.2, 0.25) is 5.91 Å². The minimum atomic E-state index is -1.10. The zero-order valence-electron chi connectivity index (χ0n) is 34.7. The van der Waals surface area contributed by atoms with Crippen LogP contribution in [0, 0.1) is 0 Å². The van der Waals surface area contributed by atoms with Crippen LogP contribution in [0.2, 0.25) is 0 Å². The van der Waals surface area contributed by atoms with Gasteiger partial charge in [-0.05, 0) is 57.8 Å². The lowest BCUT2D eigenvalue weighted by molar-refractivity contribution is -0.131. The van der Waals surface area contributed by atoms with Gasteiger partial charge in [-0.25, -0.2) is 0 Å². The second kappa shape index (κ2) is 42.3. The van der Waals surface area contributed by atoms with Crippen LogP contribution < -0.4 is 5.32 Å². The van der Waals surface area contributed by atoms with Gasteiger partial charge in [-0.2, -0.15) is 0 Å². The molecule has 0 aromatic carbocycles. The standard InChI is InChI=1S/C47H89NO4/c1-3-5-7-9-11-13-14-15-16-17-18-19-20-21-22-23-24-25-26-27-28-29-30-31-32-34-36-38-40-42-46(51)47(52)48-44(43-49)45(50)41-39-37-35-33-12-10-8-6-4-2/h12,21-22,33,39,41,44-46,49-51H,3-11,13-20,23-32,34-38,40,42-43H2,1-2H3,(H,48,52)/b22-21-,33-12+,41-39+. The number of allylic oxidation sites excluding steroid dienone is 5. The maximum atomic E-state index is 12.4. The Morgan fingerprint density at radius 2 is 0.788 bits per heavy atom. The zero-order valence-corrected chi connectivity index (χ0v) is 34.7. The lowest BCUT2D eigenvalue weighted by Gasteiger charge is -2.21. The van der Waals surface area contributed by atoms with Gasteiger partial charge in [-0.15, -0.1) is 0 Å². The molecular weight excluding hydrogens is 643 g/mol. The Hall–Kier alpha value is -1.43. The molecule has 1 amide bonds. The van der Waals surface area contributed by atoms with Crippen LogP contribution in [0.4, 0.5) is 0 Å². The van der Waals surface area contributed by atoms with E-state index in [0.29, 0.717) is 6.42 Å². The fourth-order valence-corrected chi connectivity index (χ4v) is 6.84. The fraction of sp³-hybridized carbons (Fsp3) is 0.851. The predicted octanol–water partition coefficient (Wildman–Crippen LogP) is 13.2. The van der Waals surface area contributed by atoms with Crippen molar-refractivity contribution in [2.45, 2.75) is 250 Å². The summed E-state index contributed by atoms with van der Waals surface area (Å²) in [7, 11) is 0. The molecule has 52 heavy (non-hydrogen) atoms. The molecule has 0 saturated carbocycles. The largest absolute Gasteiger partial charge is 0.394 e. The van der Waals surface area contributed by atoms with Crippen molar-refractivity contribution >= 4 is 5.91 Å². The first-order valence-electron chi connectivity index (χ1n) is 22.8. The van der Waals surface area contributed by atoms with Crippen LogP contribution in [0.3, 0.4) is 0 Å². The monoisotopic (exact) mass is 732 g/mol. The Bertz CT molecular complexity index is 809. The van der Waals surface area contributed by atoms with Crippen LogP contribution in [-0.2, 0) is 4.79 Å². The van der Waals surface area contributed by atoms with E-state index in [0.717, 1.165) is 38.5 Å². The van der Waals surface area contributed by atoms with Crippen molar-refractivity contribution in [2.75, 3.05) is 6.61 Å². The molecule has 0 aliphatic carbocycles. The van der Waals surface area contributed by atoms with Gasteiger partial charge in [0.25, 0.3) is 0 Å². The first kappa shape index (κ1) is 50.6. The average molecular weight is 732 g/mol. The maximum absolute atomic E-state index is 12.4. The second-order valence-corrected chi connectivity index (χ2v) is 15.6. The van der Waals surface area contributed by atoms with Crippen LogP contribution in [0.1, 0.15) is 232 Å². The molecule has 0 rings (SSSR count). The molecule has 3 unspecified atom stereocenters. The van der Waals surface area contributed by atoms with E-state index >= 15 is 0 Å². The number of carbonyl (C=O) groups is 1. The van der Waals surface area contributed by atoms with Gasteiger partial charge >= 0.3 is 0 Å². The van der Waals surface area contributed by atoms with E-state index in [2.05, 4.69) is 43.5 Å². The Kier molecular flexibility index (Phi) is 41.1. The highest BCUT2D eigenvalue weighted by Gasteiger charge is 2.22. The van der Waals surface area contributed by atoms with Gasteiger partial charge in [-0.3, -0.25) is 4.79 Å². The number of aliphatic hydroxyl groups is 3. The predicted molar refractivity (Wildman–Crippen MR) is 227 cm³/mol. The zero-order chi connectivity index (χ0) is 38.0. The second-order valence-electron chi connectivity index (χ2n) is 15.6. The summed E-state index contributed by atoms with van der Waals surface area (Å²) >= 11 is 0. The fourth-order valence-electron chi connectivity index (χ4n) is 6.84. The van der Waals surface area contributed by atoms with Crippen molar-refractivity contribution in [3.05, 3.63) is 36.5 Å². The summed E-state index contributed by atoms with van der Waals surface area (Å²) in [6, 6.07) is -0.811. The van der Waals surface area contributed by atoms with Gasteiger partial charge in [0, 0.05) is 0 Å². The van der Waals surface area contributed by atoms with Crippen LogP contribution in [-0.4, -0.2) is 46.1 Å². The molecule has 0 aromatic rings. The molecule has 0 saturated heterocycles. The highest BCUT2D eigenvalue weighted by Crippen LogP contribution is 2.15. The number of amides is 1. The van der Waals surface area contributed by atoms with Gasteiger partial charge in [0.1, 0.15) is 6.10 Å². The highest BCUT2D eigenvalue weighted by atomic mass is 16.3. The SMILES string of the molecule is CCCCC/C=C/CC/C=C/C(O)C(CO)NC(=O)C(O)CCCCCCCCCCCCCCC/C=C\CCCCCCCCCCCCCC. The van der Waals surface area contributed by atoms with Crippen molar-refractivity contribution < 1.29 is 20.1 Å². The first-order chi connectivity index (χ1) is 25.6. The number of hydrogen-bond acceptors (Lipinski definition) is 4. The number of carbonyl (C=O) groups excluding carboxylic acids is 1. The van der Waals surface area contributed by atoms with Crippen LogP contribution in [0.5, 0.6) is 0 Å². The van der Waals surface area contributed by atoms with E-state index in [-0.39, 0.29) is 6.61 Å². The molecule has 0 aromatic heterocycles. The van der Waals surface area contributed by atoms with Gasteiger partial charge in [-0.1, -0.05) is 211 Å². The van der Waals surface area contributed by atoms with Crippen LogP contribution in [0.15, 0.2) is 36.5 Å². The summed E-state index contributed by atoms with van der Waals surface area (Å²) < 4.78 is 0. The third kappa shape index (κ3) is 36.9. The molecule has 4 N–H and O–H groups in total. The van der Waals surface area contributed by atoms with E-state index in [1.54, 1.807) is 6.08 Å². The molecular formula is C47H89NO4. The molecule has 306 valence electrons. The third-order valence-corrected chi connectivity index (χ3v) is 10.5. The van der Waals surface area contributed by atoms with Crippen molar-refractivity contribution in [3.63, 3.8) is 0 Å². The molecule has 0 aliphatic rings. The number of nitrogens with one attached hydrogen (secondary N) is 1. The molecule has 0 radical (unpaired) electrons. The summed E-state index contributed by atoms with van der Waals surface area (Å²) in [5, 5.41) is 32.9. The normalized spacial score (nSPS) is 13.9. The van der Waals surface area contributed by atoms with Crippen molar-refractivity contribution in [1.82, 2.24) is 5.32 Å². The van der Waals surface area contributed by atoms with Crippen molar-refractivity contribution in [1.29, 1.82) is 0 Å². The topological polar surface area (TPSA) is 89.8 Å². The van der Waals surface area contributed by atoms with E-state index in [4.69, 9.17) is 0 Å². The van der Waals surface area contributed by atoms with Crippen molar-refractivity contribution in [2.24, 2.45) is 0 Å². The first-order valence-corrected chi connectivity index (χ1v) is 22.8. The van der Waals surface area contributed by atoms with E-state index in [1.165, 1.54) is 173 Å². The number of rotatable bonds is 41. The Balaban J connectivity index is 3.53. The Morgan fingerprint density at radius 3 is 1.21 bits per heavy atom. The van der Waals surface area contributed by atoms with Gasteiger partial charge in [0.05, 0.1) is 18.8 Å². The number of hydrogen-bond donors (Lipinski definition) is 4. The quantitative estimate of drug-likeness (QED) is 0.0372. The minimum Gasteiger partial charge on any atom is -0.394 e. The smallest absolute Gasteiger partial charge is 0.249 e. The summed E-state index contributed by atoms with van der Waals surface area (Å²) in [4.78, 5) is 12.4. The molecule has 0 heterocycles. The number of aliphatic hydroxyl groups excluding tert-OH is 3. The van der Waals surface area contributed by atoms with Crippen LogP contribution >= 0.6 is 0 Å². The van der Waals surface area contributed by atoms with E-state index < -0.39 is 24.2 Å². The molecule has 5 nitrogen and oxygen atoms in total. The lowest BCUT2D eigenvalue weighted by atomic mass is 10.0.